The van der Waals surface area contributed by atoms with Gasteiger partial charge in [0.2, 0.25) is 5.88 Å². The van der Waals surface area contributed by atoms with Crippen LogP contribution in [0.1, 0.15) is 37.8 Å². The van der Waals surface area contributed by atoms with Gasteiger partial charge >= 0.3 is 0 Å². The molecule has 6 nitrogen and oxygen atoms in total. The van der Waals surface area contributed by atoms with E-state index in [0.29, 0.717) is 13.1 Å². The average Bonchev–Trinajstić information content (AvgIpc) is 3.43. The Morgan fingerprint density at radius 3 is 2.65 bits per heavy atom. The fourth-order valence-corrected chi connectivity index (χ4v) is 4.42. The molecule has 182 valence electrons. The lowest BCUT2D eigenvalue weighted by atomic mass is 10.0. The van der Waals surface area contributed by atoms with Crippen molar-refractivity contribution in [3.05, 3.63) is 65.7 Å². The molecule has 1 N–H and O–H groups in total. The van der Waals surface area contributed by atoms with Crippen molar-refractivity contribution in [1.82, 2.24) is 14.7 Å². The molecule has 0 spiro atoms. The first-order chi connectivity index (χ1) is 16.4. The van der Waals surface area contributed by atoms with Crippen LogP contribution in [0.5, 0.6) is 11.6 Å². The fourth-order valence-electron chi connectivity index (χ4n) is 4.42. The van der Waals surface area contributed by atoms with Crippen LogP contribution in [0.15, 0.2) is 54.6 Å². The summed E-state index contributed by atoms with van der Waals surface area (Å²) in [4.78, 5) is 2.30. The largest absolute Gasteiger partial charge is 0.439 e. The van der Waals surface area contributed by atoms with Gasteiger partial charge in [-0.2, -0.15) is 5.10 Å². The normalized spacial score (nSPS) is 17.0. The highest BCUT2D eigenvalue weighted by Crippen LogP contribution is 2.34. The van der Waals surface area contributed by atoms with E-state index in [-0.39, 0.29) is 12.0 Å². The Morgan fingerprint density at radius 1 is 1.18 bits per heavy atom. The molecule has 0 amide bonds. The van der Waals surface area contributed by atoms with Gasteiger partial charge in [0.05, 0.1) is 17.8 Å². The van der Waals surface area contributed by atoms with Crippen molar-refractivity contribution in [3.63, 3.8) is 0 Å². The molecular weight excluding hydrogens is 426 g/mol. The minimum absolute atomic E-state index is 0.178. The van der Waals surface area contributed by atoms with Gasteiger partial charge in [0, 0.05) is 38.9 Å². The third kappa shape index (κ3) is 6.06. The number of nitrogens with zero attached hydrogens (tertiary/aromatic N) is 3. The summed E-state index contributed by atoms with van der Waals surface area (Å²) in [6, 6.07) is 18.3. The number of rotatable bonds is 10. The molecule has 2 atom stereocenters. The molecule has 0 aliphatic carbocycles. The quantitative estimate of drug-likeness (QED) is 0.449. The lowest BCUT2D eigenvalue weighted by molar-refractivity contribution is 0.0328. The highest BCUT2D eigenvalue weighted by molar-refractivity contribution is 5.65. The van der Waals surface area contributed by atoms with E-state index in [4.69, 9.17) is 14.6 Å². The topological polar surface area (TPSA) is 59.8 Å². The van der Waals surface area contributed by atoms with Crippen LogP contribution >= 0.6 is 0 Å². The molecule has 1 saturated heterocycles. The zero-order valence-electron chi connectivity index (χ0n) is 20.8. The zero-order valence-corrected chi connectivity index (χ0v) is 20.8. The number of hydrogen-bond acceptors (Lipinski definition) is 5. The smallest absolute Gasteiger partial charge is 0.222 e. The molecule has 1 fully saturated rings. The Labute approximate surface area is 203 Å². The Bertz CT molecular complexity index is 1050. The molecule has 0 radical (unpaired) electrons. The molecule has 0 saturated carbocycles. The van der Waals surface area contributed by atoms with Crippen LogP contribution < -0.4 is 4.74 Å². The number of aliphatic hydroxyl groups is 1. The van der Waals surface area contributed by atoms with Gasteiger partial charge in [-0.1, -0.05) is 56.3 Å². The summed E-state index contributed by atoms with van der Waals surface area (Å²) in [6.45, 7) is 8.95. The van der Waals surface area contributed by atoms with E-state index in [9.17, 15) is 5.11 Å². The van der Waals surface area contributed by atoms with Crippen molar-refractivity contribution in [1.29, 1.82) is 0 Å². The zero-order chi connectivity index (χ0) is 24.1. The van der Waals surface area contributed by atoms with Gasteiger partial charge in [-0.25, -0.2) is 4.68 Å². The number of ether oxygens (including phenoxy) is 2. The minimum Gasteiger partial charge on any atom is -0.439 e. The first-order valence-corrected chi connectivity index (χ1v) is 12.3. The minimum atomic E-state index is -0.417. The molecule has 2 aromatic carbocycles. The Balaban J connectivity index is 1.71. The number of benzene rings is 2. The second-order valence-electron chi connectivity index (χ2n) is 9.68. The average molecular weight is 464 g/mol. The van der Waals surface area contributed by atoms with Crippen molar-refractivity contribution in [2.24, 2.45) is 13.0 Å². The molecule has 3 aromatic rings. The van der Waals surface area contributed by atoms with E-state index >= 15 is 0 Å². The highest BCUT2D eigenvalue weighted by Gasteiger charge is 2.27. The molecule has 1 aliphatic rings. The molecule has 1 aromatic heterocycles. The van der Waals surface area contributed by atoms with Crippen LogP contribution in [0.3, 0.4) is 0 Å². The SMILES string of the molecule is Cc1cccc(Oc2c(CN(CC3CCCO3)CC(O)C(C)C)c(-c3ccccc3)nn2C)c1. The third-order valence-electron chi connectivity index (χ3n) is 6.42. The summed E-state index contributed by atoms with van der Waals surface area (Å²) < 4.78 is 14.2. The van der Waals surface area contributed by atoms with Crippen molar-refractivity contribution in [2.75, 3.05) is 19.7 Å². The summed E-state index contributed by atoms with van der Waals surface area (Å²) in [6.07, 6.45) is 1.92. The van der Waals surface area contributed by atoms with Gasteiger partial charge in [-0.3, -0.25) is 4.90 Å². The first kappa shape index (κ1) is 24.5. The van der Waals surface area contributed by atoms with E-state index in [0.717, 1.165) is 60.0 Å². The molecule has 2 unspecified atom stereocenters. The van der Waals surface area contributed by atoms with E-state index in [1.165, 1.54) is 0 Å². The Hall–Kier alpha value is -2.67. The molecule has 1 aliphatic heterocycles. The monoisotopic (exact) mass is 463 g/mol. The molecule has 0 bridgehead atoms. The number of aryl methyl sites for hydroxylation is 2. The van der Waals surface area contributed by atoms with Crippen LogP contribution in [0.25, 0.3) is 11.3 Å². The van der Waals surface area contributed by atoms with Crippen LogP contribution in [0.4, 0.5) is 0 Å². The summed E-state index contributed by atoms with van der Waals surface area (Å²) in [7, 11) is 1.93. The maximum Gasteiger partial charge on any atom is 0.222 e. The third-order valence-corrected chi connectivity index (χ3v) is 6.42. The highest BCUT2D eigenvalue weighted by atomic mass is 16.5. The molecular formula is C28H37N3O3. The van der Waals surface area contributed by atoms with Gasteiger partial charge in [0.1, 0.15) is 11.4 Å². The lowest BCUT2D eigenvalue weighted by Gasteiger charge is -2.29. The van der Waals surface area contributed by atoms with Crippen molar-refractivity contribution < 1.29 is 14.6 Å². The van der Waals surface area contributed by atoms with E-state index < -0.39 is 6.10 Å². The van der Waals surface area contributed by atoms with E-state index in [2.05, 4.69) is 43.9 Å². The second-order valence-corrected chi connectivity index (χ2v) is 9.68. The van der Waals surface area contributed by atoms with E-state index in [1.807, 2.05) is 48.1 Å². The van der Waals surface area contributed by atoms with Crippen molar-refractivity contribution in [2.45, 2.75) is 52.4 Å². The standard InChI is InChI=1S/C28H37N3O3/c1-20(2)26(32)19-31(17-24-14-9-15-33-24)18-25-27(22-11-6-5-7-12-22)29-30(4)28(25)34-23-13-8-10-21(3)16-23/h5-8,10-13,16,20,24,26,32H,9,14-15,17-19H2,1-4H3. The van der Waals surface area contributed by atoms with Crippen LogP contribution in [0.2, 0.25) is 0 Å². The summed E-state index contributed by atoms with van der Waals surface area (Å²) in [5, 5.41) is 15.6. The molecule has 2 heterocycles. The maximum absolute atomic E-state index is 10.7. The number of aromatic nitrogens is 2. The van der Waals surface area contributed by atoms with Gasteiger partial charge in [-0.05, 0) is 43.4 Å². The first-order valence-electron chi connectivity index (χ1n) is 12.3. The Morgan fingerprint density at radius 2 is 1.97 bits per heavy atom. The predicted octanol–water partition coefficient (Wildman–Crippen LogP) is 5.19. The maximum atomic E-state index is 10.7. The summed E-state index contributed by atoms with van der Waals surface area (Å²) >= 11 is 0. The number of hydrogen-bond donors (Lipinski definition) is 1. The summed E-state index contributed by atoms with van der Waals surface area (Å²) in [5.41, 5.74) is 4.12. The van der Waals surface area contributed by atoms with Gasteiger partial charge in [0.25, 0.3) is 0 Å². The molecule has 4 rings (SSSR count). The van der Waals surface area contributed by atoms with Gasteiger partial charge in [0.15, 0.2) is 0 Å². The summed E-state index contributed by atoms with van der Waals surface area (Å²) in [5.74, 6) is 1.69. The van der Waals surface area contributed by atoms with Crippen molar-refractivity contribution in [3.8, 4) is 22.9 Å². The second kappa shape index (κ2) is 11.2. The molecule has 34 heavy (non-hydrogen) atoms. The fraction of sp³-hybridized carbons (Fsp3) is 0.464. The van der Waals surface area contributed by atoms with Gasteiger partial charge in [-0.15, -0.1) is 0 Å². The predicted molar refractivity (Wildman–Crippen MR) is 135 cm³/mol. The van der Waals surface area contributed by atoms with Crippen molar-refractivity contribution >= 4 is 0 Å². The van der Waals surface area contributed by atoms with Crippen LogP contribution in [-0.4, -0.2) is 51.7 Å². The Kier molecular flexibility index (Phi) is 8.03. The van der Waals surface area contributed by atoms with Crippen LogP contribution in [0, 0.1) is 12.8 Å². The van der Waals surface area contributed by atoms with Crippen LogP contribution in [-0.2, 0) is 18.3 Å². The molecule has 6 heteroatoms. The van der Waals surface area contributed by atoms with E-state index in [1.54, 1.807) is 0 Å². The van der Waals surface area contributed by atoms with Gasteiger partial charge < -0.3 is 14.6 Å². The number of aliphatic hydroxyl groups excluding tert-OH is 1. The lowest BCUT2D eigenvalue weighted by Crippen LogP contribution is -2.39.